The zero-order valence-electron chi connectivity index (χ0n) is 16.4. The minimum Gasteiger partial charge on any atom is -0.385 e. The first-order chi connectivity index (χ1) is 12.0. The third-order valence-corrected chi connectivity index (χ3v) is 5.55. The first kappa shape index (κ1) is 26.5. The van der Waals surface area contributed by atoms with Gasteiger partial charge in [-0.2, -0.15) is 12.6 Å². The Morgan fingerprint density at radius 2 is 2.04 bits per heavy atom. The van der Waals surface area contributed by atoms with Crippen LogP contribution in [0.1, 0.15) is 27.9 Å². The number of hydrogen-bond donors (Lipinski definition) is 2. The van der Waals surface area contributed by atoms with Gasteiger partial charge in [-0.25, -0.2) is 0 Å². The summed E-state index contributed by atoms with van der Waals surface area (Å²) in [5, 5.41) is 0. The highest BCUT2D eigenvalue weighted by Gasteiger charge is 2.30. The molecule has 1 amide bonds. The van der Waals surface area contributed by atoms with Crippen molar-refractivity contribution in [1.82, 2.24) is 9.80 Å². The maximum atomic E-state index is 13.0. The molecule has 0 radical (unpaired) electrons. The van der Waals surface area contributed by atoms with E-state index in [0.717, 1.165) is 49.3 Å². The zero-order valence-corrected chi connectivity index (χ0v) is 18.9. The lowest BCUT2D eigenvalue weighted by molar-refractivity contribution is 0.0382. The Balaban J connectivity index is 0.00000338. The molecule has 1 saturated heterocycles. The van der Waals surface area contributed by atoms with Gasteiger partial charge in [-0.1, -0.05) is 12.1 Å². The van der Waals surface area contributed by atoms with E-state index in [4.69, 9.17) is 10.5 Å². The van der Waals surface area contributed by atoms with Crippen LogP contribution in [-0.2, 0) is 4.74 Å². The molecule has 0 aromatic heterocycles. The first-order valence-electron chi connectivity index (χ1n) is 8.92. The molecule has 1 aliphatic heterocycles. The number of benzene rings is 1. The number of nitrogens with two attached hydrogens (primary N) is 1. The van der Waals surface area contributed by atoms with Gasteiger partial charge < -0.3 is 15.4 Å². The summed E-state index contributed by atoms with van der Waals surface area (Å²) < 4.78 is 5.26. The van der Waals surface area contributed by atoms with E-state index >= 15 is 0 Å². The van der Waals surface area contributed by atoms with Crippen LogP contribution >= 0.6 is 37.4 Å². The molecule has 27 heavy (non-hydrogen) atoms. The quantitative estimate of drug-likeness (QED) is 0.643. The SMILES string of the molecule is COCCC1CN(C(=O)c2cccc(C)c2C)CCN1CC(N)CS.Cl.Cl. The number of thiol groups is 1. The van der Waals surface area contributed by atoms with Crippen molar-refractivity contribution in [2.45, 2.75) is 32.4 Å². The van der Waals surface area contributed by atoms with Crippen molar-refractivity contribution in [3.8, 4) is 0 Å². The molecule has 1 heterocycles. The van der Waals surface area contributed by atoms with Crippen LogP contribution in [0.2, 0.25) is 0 Å². The van der Waals surface area contributed by atoms with Crippen LogP contribution in [0.25, 0.3) is 0 Å². The van der Waals surface area contributed by atoms with Crippen LogP contribution in [0.5, 0.6) is 0 Å². The fourth-order valence-electron chi connectivity index (χ4n) is 3.36. The minimum absolute atomic E-state index is 0. The summed E-state index contributed by atoms with van der Waals surface area (Å²) in [7, 11) is 1.71. The lowest BCUT2D eigenvalue weighted by Crippen LogP contribution is -2.57. The summed E-state index contributed by atoms with van der Waals surface area (Å²) in [4.78, 5) is 17.4. The van der Waals surface area contributed by atoms with Crippen molar-refractivity contribution in [2.75, 3.05) is 45.6 Å². The molecular weight excluding hydrogens is 405 g/mol. The zero-order chi connectivity index (χ0) is 18.4. The summed E-state index contributed by atoms with van der Waals surface area (Å²) in [6.07, 6.45) is 0.895. The predicted octanol–water partition coefficient (Wildman–Crippen LogP) is 2.57. The van der Waals surface area contributed by atoms with Crippen molar-refractivity contribution in [3.63, 3.8) is 0 Å². The van der Waals surface area contributed by atoms with E-state index in [9.17, 15) is 4.79 Å². The van der Waals surface area contributed by atoms with Crippen LogP contribution in [0, 0.1) is 13.8 Å². The van der Waals surface area contributed by atoms with Crippen LogP contribution < -0.4 is 5.73 Å². The lowest BCUT2D eigenvalue weighted by Gasteiger charge is -2.42. The van der Waals surface area contributed by atoms with Gasteiger partial charge in [0, 0.05) is 63.3 Å². The Labute approximate surface area is 181 Å². The number of hydrogen-bond acceptors (Lipinski definition) is 5. The molecule has 0 saturated carbocycles. The molecule has 1 aromatic carbocycles. The molecule has 2 rings (SSSR count). The highest BCUT2D eigenvalue weighted by atomic mass is 35.5. The van der Waals surface area contributed by atoms with E-state index in [0.29, 0.717) is 12.4 Å². The molecule has 0 aliphatic carbocycles. The molecule has 8 heteroatoms. The number of piperazine rings is 1. The van der Waals surface area contributed by atoms with Crippen LogP contribution in [-0.4, -0.2) is 73.4 Å². The monoisotopic (exact) mass is 437 g/mol. The van der Waals surface area contributed by atoms with Crippen LogP contribution in [0.15, 0.2) is 18.2 Å². The summed E-state index contributed by atoms with van der Waals surface area (Å²) in [5.74, 6) is 0.792. The summed E-state index contributed by atoms with van der Waals surface area (Å²) in [5.41, 5.74) is 9.12. The number of ether oxygens (including phenoxy) is 1. The van der Waals surface area contributed by atoms with Gasteiger partial charge >= 0.3 is 0 Å². The van der Waals surface area contributed by atoms with E-state index in [1.807, 2.05) is 36.9 Å². The van der Waals surface area contributed by atoms with Crippen molar-refractivity contribution >= 4 is 43.4 Å². The van der Waals surface area contributed by atoms with Crippen molar-refractivity contribution in [3.05, 3.63) is 34.9 Å². The highest BCUT2D eigenvalue weighted by Crippen LogP contribution is 2.19. The molecule has 2 unspecified atom stereocenters. The van der Waals surface area contributed by atoms with Gasteiger partial charge in [-0.3, -0.25) is 9.69 Å². The Morgan fingerprint density at radius 1 is 1.33 bits per heavy atom. The summed E-state index contributed by atoms with van der Waals surface area (Å²) in [6, 6.07) is 6.26. The largest absolute Gasteiger partial charge is 0.385 e. The fraction of sp³-hybridized carbons (Fsp3) is 0.632. The predicted molar refractivity (Wildman–Crippen MR) is 120 cm³/mol. The molecular formula is C19H33Cl2N3O2S. The molecule has 156 valence electrons. The number of amides is 1. The third-order valence-electron chi connectivity index (χ3n) is 5.09. The molecule has 2 atom stereocenters. The van der Waals surface area contributed by atoms with Gasteiger partial charge in [0.1, 0.15) is 0 Å². The van der Waals surface area contributed by atoms with E-state index < -0.39 is 0 Å². The average Bonchev–Trinajstić information content (AvgIpc) is 2.62. The normalized spacial score (nSPS) is 18.4. The second-order valence-electron chi connectivity index (χ2n) is 6.87. The smallest absolute Gasteiger partial charge is 0.254 e. The number of methoxy groups -OCH3 is 1. The van der Waals surface area contributed by atoms with Crippen LogP contribution in [0.4, 0.5) is 0 Å². The summed E-state index contributed by atoms with van der Waals surface area (Å²) in [6.45, 7) is 7.85. The Kier molecular flexibility index (Phi) is 12.6. The average molecular weight is 438 g/mol. The highest BCUT2D eigenvalue weighted by molar-refractivity contribution is 7.80. The van der Waals surface area contributed by atoms with E-state index in [1.54, 1.807) is 7.11 Å². The van der Waals surface area contributed by atoms with E-state index in [-0.39, 0.29) is 42.8 Å². The standard InChI is InChI=1S/C19H31N3O2S.2ClH/c1-14-5-4-6-18(15(14)2)19(23)22-9-8-21(11-16(20)13-25)17(12-22)7-10-24-3;;/h4-6,16-17,25H,7-13,20H2,1-3H3;2*1H. The van der Waals surface area contributed by atoms with Gasteiger partial charge in [0.05, 0.1) is 0 Å². The number of nitrogens with zero attached hydrogens (tertiary/aromatic N) is 2. The maximum absolute atomic E-state index is 13.0. The van der Waals surface area contributed by atoms with Crippen LogP contribution in [0.3, 0.4) is 0 Å². The Hall–Kier alpha value is -0.500. The molecule has 1 aromatic rings. The Bertz CT molecular complexity index is 592. The first-order valence-corrected chi connectivity index (χ1v) is 9.56. The number of rotatable bonds is 7. The molecule has 0 spiro atoms. The van der Waals surface area contributed by atoms with Crippen molar-refractivity contribution < 1.29 is 9.53 Å². The fourth-order valence-corrected chi connectivity index (χ4v) is 3.47. The van der Waals surface area contributed by atoms with Gasteiger partial charge in [0.15, 0.2) is 0 Å². The number of carbonyl (C=O) groups excluding carboxylic acids is 1. The molecule has 1 fully saturated rings. The van der Waals surface area contributed by atoms with Gasteiger partial charge in [0.25, 0.3) is 5.91 Å². The number of carbonyl (C=O) groups is 1. The lowest BCUT2D eigenvalue weighted by atomic mass is 10.0. The molecule has 0 bridgehead atoms. The Morgan fingerprint density at radius 3 is 2.67 bits per heavy atom. The molecule has 2 N–H and O–H groups in total. The van der Waals surface area contributed by atoms with E-state index in [2.05, 4.69) is 17.5 Å². The van der Waals surface area contributed by atoms with Crippen molar-refractivity contribution in [2.24, 2.45) is 5.73 Å². The number of aryl methyl sites for hydroxylation is 1. The maximum Gasteiger partial charge on any atom is 0.254 e. The van der Waals surface area contributed by atoms with Crippen molar-refractivity contribution in [1.29, 1.82) is 0 Å². The topological polar surface area (TPSA) is 58.8 Å². The minimum atomic E-state index is 0. The second-order valence-corrected chi connectivity index (χ2v) is 7.24. The summed E-state index contributed by atoms with van der Waals surface area (Å²) >= 11 is 4.29. The molecule has 1 aliphatic rings. The van der Waals surface area contributed by atoms with Gasteiger partial charge in [-0.15, -0.1) is 24.8 Å². The van der Waals surface area contributed by atoms with E-state index in [1.165, 1.54) is 0 Å². The second kappa shape index (κ2) is 12.9. The molecule has 5 nitrogen and oxygen atoms in total. The number of halogens is 2. The third kappa shape index (κ3) is 7.11. The van der Waals surface area contributed by atoms with Gasteiger partial charge in [-0.05, 0) is 37.5 Å². The van der Waals surface area contributed by atoms with Gasteiger partial charge in [0.2, 0.25) is 0 Å².